The quantitative estimate of drug-likeness (QED) is 0.382. The summed E-state index contributed by atoms with van der Waals surface area (Å²) in [6.07, 6.45) is 7.00. The van der Waals surface area contributed by atoms with Gasteiger partial charge in [0.1, 0.15) is 0 Å². The fourth-order valence-electron chi connectivity index (χ4n) is 1.05. The normalized spacial score (nSPS) is 8.62. The molecule has 0 spiro atoms. The molecule has 0 bridgehead atoms. The van der Waals surface area contributed by atoms with Crippen molar-refractivity contribution in [1.29, 1.82) is 0 Å². The van der Waals surface area contributed by atoms with Gasteiger partial charge in [-0.25, -0.2) is 0 Å². The van der Waals surface area contributed by atoms with Crippen molar-refractivity contribution in [2.75, 3.05) is 0 Å². The molecule has 2 rings (SSSR count). The van der Waals surface area contributed by atoms with Crippen LogP contribution in [0.2, 0.25) is 0 Å². The zero-order chi connectivity index (χ0) is 7.68. The third-order valence-electron chi connectivity index (χ3n) is 1.55. The second kappa shape index (κ2) is 5.64. The van der Waals surface area contributed by atoms with Gasteiger partial charge in [0.15, 0.2) is 0 Å². The Bertz CT molecular complexity index is 400. The van der Waals surface area contributed by atoms with Crippen molar-refractivity contribution in [1.82, 2.24) is 9.38 Å². The summed E-state index contributed by atoms with van der Waals surface area (Å²) in [6, 6.07) is 3.69. The Labute approximate surface area is 118 Å². The van der Waals surface area contributed by atoms with E-state index < -0.39 is 0 Å². The Kier molecular flexibility index (Phi) is 5.62. The molecule has 5 heteroatoms. The second-order valence-electron chi connectivity index (χ2n) is 2.18. The molecule has 0 atom stereocenters. The topological polar surface area (TPSA) is 64.4 Å². The smallest absolute Gasteiger partial charge is 0.870 e. The Morgan fingerprint density at radius 3 is 2.85 bits per heavy atom. The van der Waals surface area contributed by atoms with E-state index in [-0.39, 0.29) is 56.9 Å². The van der Waals surface area contributed by atoms with Gasteiger partial charge in [0.2, 0.25) is 0 Å². The van der Waals surface area contributed by atoms with Gasteiger partial charge in [-0.2, -0.15) is 0 Å². The van der Waals surface area contributed by atoms with E-state index in [0.29, 0.717) is 5.69 Å². The van der Waals surface area contributed by atoms with E-state index in [1.165, 1.54) is 0 Å². The summed E-state index contributed by atoms with van der Waals surface area (Å²) < 4.78 is 1.83. The third kappa shape index (κ3) is 2.46. The first-order chi connectivity index (χ1) is 5.42. The predicted molar refractivity (Wildman–Crippen MR) is 41.9 cm³/mol. The Hall–Kier alpha value is -0.0436. The van der Waals surface area contributed by atoms with Crippen LogP contribution in [0.4, 0.5) is 0 Å². The summed E-state index contributed by atoms with van der Waals surface area (Å²) in [5.41, 5.74) is 1.15. The largest absolute Gasteiger partial charge is 1.00 e. The van der Waals surface area contributed by atoms with Crippen molar-refractivity contribution in [3.8, 4) is 0 Å². The summed E-state index contributed by atoms with van der Waals surface area (Å²) in [5.74, 6) is 0. The van der Waals surface area contributed by atoms with E-state index in [1.807, 2.05) is 22.7 Å². The van der Waals surface area contributed by atoms with Gasteiger partial charge in [-0.1, -0.05) is 11.6 Å². The van der Waals surface area contributed by atoms with E-state index in [4.69, 9.17) is 0 Å². The van der Waals surface area contributed by atoms with E-state index in [0.717, 1.165) is 5.52 Å². The van der Waals surface area contributed by atoms with Crippen molar-refractivity contribution >= 4 is 11.8 Å². The molecule has 0 aliphatic carbocycles. The summed E-state index contributed by atoms with van der Waals surface area (Å²) >= 11 is 0. The van der Waals surface area contributed by atoms with Crippen molar-refractivity contribution in [2.45, 2.75) is 0 Å². The molecule has 0 aromatic carbocycles. The van der Waals surface area contributed by atoms with Gasteiger partial charge in [-0.3, -0.25) is 4.98 Å². The van der Waals surface area contributed by atoms with Crippen molar-refractivity contribution in [2.24, 2.45) is 0 Å². The number of fused-ring (bicyclic) bond motifs is 1. The predicted octanol–water partition coefficient (Wildman–Crippen LogP) is -2.38. The molecule has 1 N–H and O–H groups in total. The minimum atomic E-state index is 0. The molecule has 0 radical (unpaired) electrons. The Morgan fingerprint density at radius 1 is 1.38 bits per heavy atom. The van der Waals surface area contributed by atoms with Crippen LogP contribution < -0.4 is 51.4 Å². The van der Waals surface area contributed by atoms with Crippen molar-refractivity contribution in [3.05, 3.63) is 36.4 Å². The minimum Gasteiger partial charge on any atom is -0.870 e. The molecule has 0 unspecified atom stereocenters. The fourth-order valence-corrected chi connectivity index (χ4v) is 1.05. The number of aromatic nitrogens is 2. The molecule has 2 heterocycles. The Morgan fingerprint density at radius 2 is 2.15 bits per heavy atom. The molecule has 0 saturated heterocycles. The van der Waals surface area contributed by atoms with Gasteiger partial charge >= 0.3 is 51.4 Å². The summed E-state index contributed by atoms with van der Waals surface area (Å²) in [7, 11) is 0. The average Bonchev–Trinajstić information content (AvgIpc) is 2.50. The molecule has 0 aliphatic heterocycles. The minimum absolute atomic E-state index is 0. The zero-order valence-corrected chi connectivity index (χ0v) is 10.3. The fraction of sp³-hybridized carbons (Fsp3) is 0. The van der Waals surface area contributed by atoms with E-state index in [1.54, 1.807) is 18.7 Å². The van der Waals surface area contributed by atoms with Gasteiger partial charge in [0, 0.05) is 18.7 Å². The molecule has 13 heavy (non-hydrogen) atoms. The van der Waals surface area contributed by atoms with Crippen LogP contribution in [-0.4, -0.2) is 21.1 Å². The van der Waals surface area contributed by atoms with Gasteiger partial charge < -0.3 is 14.7 Å². The first-order valence-corrected chi connectivity index (χ1v) is 3.21. The van der Waals surface area contributed by atoms with E-state index >= 15 is 0 Å². The SMILES string of the molecule is O=[C-]c1nccn2cccc12.[K+].[OH-]. The van der Waals surface area contributed by atoms with Crippen LogP contribution in [0.3, 0.4) is 0 Å². The monoisotopic (exact) mass is 201 g/mol. The van der Waals surface area contributed by atoms with Crippen LogP contribution >= 0.6 is 0 Å². The first kappa shape index (κ1) is 13.0. The maximum Gasteiger partial charge on any atom is 1.00 e. The zero-order valence-electron chi connectivity index (χ0n) is 7.14. The number of nitrogens with zero attached hydrogens (tertiary/aromatic N) is 2. The summed E-state index contributed by atoms with van der Waals surface area (Å²) in [5, 5.41) is 0. The van der Waals surface area contributed by atoms with Gasteiger partial charge in [0.25, 0.3) is 0 Å². The molecule has 0 saturated carbocycles. The third-order valence-corrected chi connectivity index (χ3v) is 1.55. The first-order valence-electron chi connectivity index (χ1n) is 3.21. The van der Waals surface area contributed by atoms with Gasteiger partial charge in [0.05, 0.1) is 0 Å². The van der Waals surface area contributed by atoms with Crippen molar-refractivity contribution < 1.29 is 61.7 Å². The molecule has 4 nitrogen and oxygen atoms in total. The van der Waals surface area contributed by atoms with E-state index in [9.17, 15) is 4.79 Å². The molecular formula is C8H6KN2O2-. The van der Waals surface area contributed by atoms with Crippen molar-refractivity contribution in [3.63, 3.8) is 0 Å². The molecule has 62 valence electrons. The molecule has 0 fully saturated rings. The number of hydrogen-bond donors (Lipinski definition) is 0. The molecule has 2 aromatic heterocycles. The van der Waals surface area contributed by atoms with Crippen LogP contribution in [0.25, 0.3) is 5.52 Å². The Balaban J connectivity index is 0.000000720. The average molecular weight is 201 g/mol. The number of hydrogen-bond acceptors (Lipinski definition) is 3. The number of rotatable bonds is 1. The van der Waals surface area contributed by atoms with Crippen LogP contribution in [0.5, 0.6) is 0 Å². The summed E-state index contributed by atoms with van der Waals surface area (Å²) in [6.45, 7) is 0. The maximum absolute atomic E-state index is 10.3. The maximum atomic E-state index is 10.3. The summed E-state index contributed by atoms with van der Waals surface area (Å²) in [4.78, 5) is 14.2. The van der Waals surface area contributed by atoms with Crippen LogP contribution in [0.15, 0.2) is 30.7 Å². The molecule has 2 aromatic rings. The molecular weight excluding hydrogens is 195 g/mol. The van der Waals surface area contributed by atoms with Crippen LogP contribution in [0, 0.1) is 0 Å². The molecule has 0 aliphatic rings. The molecule has 0 amide bonds. The van der Waals surface area contributed by atoms with Crippen LogP contribution in [-0.2, 0) is 4.79 Å². The van der Waals surface area contributed by atoms with Gasteiger partial charge in [-0.15, -0.1) is 6.07 Å². The standard InChI is InChI=1S/C8H5N2O.K.H2O/c11-6-7-8-2-1-4-10(8)5-3-9-7;;/h1-5H;;1H2/q-1;+1;/p-1. The van der Waals surface area contributed by atoms with E-state index in [2.05, 4.69) is 4.98 Å². The second-order valence-corrected chi connectivity index (χ2v) is 2.18. The van der Waals surface area contributed by atoms with Crippen LogP contribution in [0.1, 0.15) is 5.69 Å². The van der Waals surface area contributed by atoms with Gasteiger partial charge in [-0.05, 0) is 11.9 Å². The number of carbonyl (C=O) groups excluding carboxylic acids is 1.